The molecule has 4 aliphatic carbocycles. The molecule has 0 aliphatic heterocycles. The topological polar surface area (TPSA) is 75.3 Å². The maximum Gasteiger partial charge on any atom is 0.266 e. The number of carbonyl (C=O) groups is 1. The van der Waals surface area contributed by atoms with Crippen molar-refractivity contribution in [3.05, 3.63) is 17.0 Å². The van der Waals surface area contributed by atoms with Crippen LogP contribution < -0.4 is 10.3 Å². The number of carbonyl (C=O) groups excluding carboxylic acids is 1. The van der Waals surface area contributed by atoms with Gasteiger partial charge >= 0.3 is 0 Å². The number of amides is 1. The summed E-state index contributed by atoms with van der Waals surface area (Å²) < 4.78 is 24.8. The van der Waals surface area contributed by atoms with Gasteiger partial charge in [-0.15, -0.1) is 16.2 Å². The molecule has 7 heteroatoms. The molecule has 4 fully saturated rings. The highest BCUT2D eigenvalue weighted by molar-refractivity contribution is 7.91. The molecule has 1 aromatic heterocycles. The first-order chi connectivity index (χ1) is 10.9. The number of rotatable bonds is 4. The van der Waals surface area contributed by atoms with Gasteiger partial charge in [0.1, 0.15) is 4.21 Å². The molecule has 0 spiro atoms. The van der Waals surface area contributed by atoms with Crippen molar-refractivity contribution in [2.45, 2.75) is 49.7 Å². The van der Waals surface area contributed by atoms with Crippen LogP contribution >= 0.6 is 11.3 Å². The molecule has 0 aromatic carbocycles. The molecule has 0 atom stereocenters. The second kappa shape index (κ2) is 5.29. The first kappa shape index (κ1) is 15.6. The normalized spacial score (nSPS) is 35.4. The first-order valence-electron chi connectivity index (χ1n) is 8.25. The summed E-state index contributed by atoms with van der Waals surface area (Å²) in [6, 6.07) is 3.33. The van der Waals surface area contributed by atoms with Crippen molar-refractivity contribution in [1.82, 2.24) is 10.3 Å². The van der Waals surface area contributed by atoms with Crippen LogP contribution in [0.25, 0.3) is 0 Å². The van der Waals surface area contributed by atoms with E-state index in [1.165, 1.54) is 30.6 Å². The fraction of sp³-hybridized carbons (Fsp3) is 0.688. The van der Waals surface area contributed by atoms with Gasteiger partial charge in [0.05, 0.1) is 5.41 Å². The molecule has 0 saturated heterocycles. The van der Waals surface area contributed by atoms with Gasteiger partial charge < -0.3 is 0 Å². The van der Waals surface area contributed by atoms with Crippen LogP contribution in [0, 0.1) is 30.1 Å². The molecule has 0 radical (unpaired) electrons. The van der Waals surface area contributed by atoms with Gasteiger partial charge in [0.2, 0.25) is 5.91 Å². The summed E-state index contributed by atoms with van der Waals surface area (Å²) in [5.74, 6) is 1.84. The second-order valence-corrected chi connectivity index (χ2v) is 10.8. The Kier molecular flexibility index (Phi) is 3.59. The minimum atomic E-state index is -3.67. The second-order valence-electron chi connectivity index (χ2n) is 7.62. The summed E-state index contributed by atoms with van der Waals surface area (Å²) in [7, 11) is -3.67. The van der Waals surface area contributed by atoms with Gasteiger partial charge in [0, 0.05) is 4.88 Å². The van der Waals surface area contributed by atoms with Crippen LogP contribution in [0.2, 0.25) is 0 Å². The van der Waals surface area contributed by atoms with E-state index in [4.69, 9.17) is 0 Å². The third-order valence-electron chi connectivity index (χ3n) is 5.80. The van der Waals surface area contributed by atoms with Gasteiger partial charge in [-0.25, -0.2) is 8.42 Å². The predicted molar refractivity (Wildman–Crippen MR) is 88.1 cm³/mol. The molecule has 126 valence electrons. The SMILES string of the molecule is Cc1ccc(S(=O)(=O)NNC(=O)C23CC4CC(CC(C4)C2)C3)s1. The van der Waals surface area contributed by atoms with Crippen molar-refractivity contribution in [3.63, 3.8) is 0 Å². The number of hydrogen-bond acceptors (Lipinski definition) is 4. The molecule has 4 aliphatic rings. The molecular weight excluding hydrogens is 332 g/mol. The molecule has 4 saturated carbocycles. The average molecular weight is 354 g/mol. The number of hydrogen-bond donors (Lipinski definition) is 2. The highest BCUT2D eigenvalue weighted by atomic mass is 32.2. The smallest absolute Gasteiger partial charge is 0.266 e. The molecule has 5 nitrogen and oxygen atoms in total. The summed E-state index contributed by atoms with van der Waals surface area (Å²) >= 11 is 1.20. The summed E-state index contributed by atoms with van der Waals surface area (Å²) in [6.07, 6.45) is 6.53. The van der Waals surface area contributed by atoms with E-state index in [2.05, 4.69) is 10.3 Å². The minimum absolute atomic E-state index is 0.131. The van der Waals surface area contributed by atoms with Crippen molar-refractivity contribution in [2.24, 2.45) is 23.2 Å². The maximum absolute atomic E-state index is 12.7. The Bertz CT molecular complexity index is 703. The summed E-state index contributed by atoms with van der Waals surface area (Å²) in [5, 5.41) is 0. The van der Waals surface area contributed by atoms with Gasteiger partial charge in [-0.1, -0.05) is 0 Å². The summed E-state index contributed by atoms with van der Waals surface area (Å²) in [5.41, 5.74) is 2.17. The third kappa shape index (κ3) is 2.72. The van der Waals surface area contributed by atoms with Crippen molar-refractivity contribution in [1.29, 1.82) is 0 Å². The Morgan fingerprint density at radius 2 is 1.70 bits per heavy atom. The zero-order chi connectivity index (χ0) is 16.2. The van der Waals surface area contributed by atoms with Crippen LogP contribution in [0.5, 0.6) is 0 Å². The molecule has 0 unspecified atom stereocenters. The van der Waals surface area contributed by atoms with Crippen LogP contribution in [0.3, 0.4) is 0 Å². The van der Waals surface area contributed by atoms with Crippen molar-refractivity contribution in [3.8, 4) is 0 Å². The van der Waals surface area contributed by atoms with Crippen molar-refractivity contribution in [2.75, 3.05) is 0 Å². The lowest BCUT2D eigenvalue weighted by molar-refractivity contribution is -0.146. The Balaban J connectivity index is 1.46. The maximum atomic E-state index is 12.7. The quantitative estimate of drug-likeness (QED) is 0.816. The van der Waals surface area contributed by atoms with Crippen molar-refractivity contribution >= 4 is 27.3 Å². The largest absolute Gasteiger partial charge is 0.277 e. The fourth-order valence-corrected chi connectivity index (χ4v) is 7.36. The van der Waals surface area contributed by atoms with Gasteiger partial charge in [-0.2, -0.15) is 0 Å². The Morgan fingerprint density at radius 1 is 1.13 bits per heavy atom. The van der Waals surface area contributed by atoms with E-state index >= 15 is 0 Å². The number of sulfonamides is 1. The van der Waals surface area contributed by atoms with Crippen LogP contribution in [0.1, 0.15) is 43.4 Å². The van der Waals surface area contributed by atoms with E-state index in [0.717, 1.165) is 24.1 Å². The van der Waals surface area contributed by atoms with Gasteiger partial charge in [-0.3, -0.25) is 10.2 Å². The Labute approximate surface area is 140 Å². The molecule has 1 amide bonds. The summed E-state index contributed by atoms with van der Waals surface area (Å²) in [4.78, 5) is 16.0. The fourth-order valence-electron chi connectivity index (χ4n) is 5.24. The monoisotopic (exact) mass is 354 g/mol. The zero-order valence-electron chi connectivity index (χ0n) is 13.2. The van der Waals surface area contributed by atoms with E-state index in [9.17, 15) is 13.2 Å². The van der Waals surface area contributed by atoms with Crippen LogP contribution in [0.15, 0.2) is 16.3 Å². The van der Waals surface area contributed by atoms with Crippen LogP contribution in [-0.2, 0) is 14.8 Å². The minimum Gasteiger partial charge on any atom is -0.277 e. The van der Waals surface area contributed by atoms with E-state index in [-0.39, 0.29) is 15.5 Å². The molecule has 2 N–H and O–H groups in total. The van der Waals surface area contributed by atoms with Gasteiger partial charge in [0.25, 0.3) is 10.0 Å². The molecule has 4 bridgehead atoms. The first-order valence-corrected chi connectivity index (χ1v) is 10.5. The van der Waals surface area contributed by atoms with Gasteiger partial charge in [-0.05, 0) is 75.3 Å². The van der Waals surface area contributed by atoms with E-state index in [0.29, 0.717) is 17.8 Å². The van der Waals surface area contributed by atoms with Crippen LogP contribution in [-0.4, -0.2) is 14.3 Å². The average Bonchev–Trinajstić information content (AvgIpc) is 2.91. The van der Waals surface area contributed by atoms with Crippen molar-refractivity contribution < 1.29 is 13.2 Å². The number of nitrogens with one attached hydrogen (secondary N) is 2. The highest BCUT2D eigenvalue weighted by Crippen LogP contribution is 2.60. The summed E-state index contributed by atoms with van der Waals surface area (Å²) in [6.45, 7) is 1.86. The molecular formula is C16H22N2O3S2. The predicted octanol–water partition coefficient (Wildman–Crippen LogP) is 2.58. The van der Waals surface area contributed by atoms with E-state index < -0.39 is 10.0 Å². The lowest BCUT2D eigenvalue weighted by Crippen LogP contribution is -2.56. The lowest BCUT2D eigenvalue weighted by atomic mass is 9.49. The highest BCUT2D eigenvalue weighted by Gasteiger charge is 2.54. The zero-order valence-corrected chi connectivity index (χ0v) is 14.8. The molecule has 1 aromatic rings. The number of aryl methyl sites for hydroxylation is 1. The Morgan fingerprint density at radius 3 is 2.17 bits per heavy atom. The van der Waals surface area contributed by atoms with E-state index in [1.807, 2.05) is 6.92 Å². The third-order valence-corrected chi connectivity index (χ3v) is 8.54. The van der Waals surface area contributed by atoms with Crippen LogP contribution in [0.4, 0.5) is 0 Å². The Hall–Kier alpha value is -0.920. The molecule has 5 rings (SSSR count). The number of thiophene rings is 1. The molecule has 23 heavy (non-hydrogen) atoms. The lowest BCUT2D eigenvalue weighted by Gasteiger charge is -2.55. The van der Waals surface area contributed by atoms with E-state index in [1.54, 1.807) is 12.1 Å². The van der Waals surface area contributed by atoms with Gasteiger partial charge in [0.15, 0.2) is 0 Å². The standard InChI is InChI=1S/C16H22N2O3S2/c1-10-2-3-14(22-10)23(20,21)18-17-15(19)16-7-11-4-12(8-16)6-13(5-11)9-16/h2-3,11-13,18H,4-9H2,1H3,(H,17,19). The number of hydrazine groups is 1. The molecule has 1 heterocycles.